The molecular weight excluding hydrogens is 267 g/mol. The molecule has 0 aliphatic rings. The Kier molecular flexibility index (Phi) is 5.43. The molecule has 0 spiro atoms. The molecule has 0 radical (unpaired) electrons. The molecule has 1 aromatic rings. The van der Waals surface area contributed by atoms with Crippen molar-refractivity contribution in [1.82, 2.24) is 5.32 Å². The number of carbonyl (C=O) groups excluding carboxylic acids is 1. The number of nitrogens with one attached hydrogen (secondary N) is 1. The van der Waals surface area contributed by atoms with E-state index in [-0.39, 0.29) is 5.91 Å². The molecule has 0 bridgehead atoms. The van der Waals surface area contributed by atoms with Crippen LogP contribution in [0.4, 0.5) is 0 Å². The largest absolute Gasteiger partial charge is 0.327 e. The summed E-state index contributed by atoms with van der Waals surface area (Å²) in [6.07, 6.45) is -0.784. The molecule has 84 valence electrons. The smallest absolute Gasteiger partial charge is 0.253 e. The highest BCUT2D eigenvalue weighted by atomic mass is 35.5. The monoisotopic (exact) mass is 274 g/mol. The second kappa shape index (κ2) is 6.61. The van der Waals surface area contributed by atoms with Crippen molar-refractivity contribution in [2.45, 2.75) is 11.0 Å². The van der Waals surface area contributed by atoms with E-state index in [1.54, 1.807) is 24.3 Å². The van der Waals surface area contributed by atoms with Crippen LogP contribution in [0.15, 0.2) is 35.3 Å². The van der Waals surface area contributed by atoms with Crippen LogP contribution in [0.5, 0.6) is 0 Å². The van der Waals surface area contributed by atoms with Gasteiger partial charge in [0.15, 0.2) is 6.17 Å². The van der Waals surface area contributed by atoms with Crippen molar-refractivity contribution in [3.05, 3.63) is 35.9 Å². The first kappa shape index (κ1) is 13.1. The molecule has 0 aromatic heterocycles. The molecular formula is C10H8Cl2N2OS. The highest BCUT2D eigenvalue weighted by Crippen LogP contribution is 2.10. The number of nitrogens with zero attached hydrogens (tertiary/aromatic N) is 1. The average Bonchev–Trinajstić information content (AvgIpc) is 2.29. The van der Waals surface area contributed by atoms with E-state index in [1.165, 1.54) is 0 Å². The van der Waals surface area contributed by atoms with Gasteiger partial charge in [0, 0.05) is 5.56 Å². The number of carbonyl (C=O) groups is 1. The van der Waals surface area contributed by atoms with Crippen LogP contribution in [-0.2, 0) is 0 Å². The Hall–Kier alpha value is -0.930. The fraction of sp³-hybridized carbons (Fsp3) is 0.200. The average molecular weight is 275 g/mol. The normalized spacial score (nSPS) is 11.7. The zero-order valence-electron chi connectivity index (χ0n) is 8.06. The first-order chi connectivity index (χ1) is 7.65. The van der Waals surface area contributed by atoms with Crippen LogP contribution in [0.3, 0.4) is 0 Å². The van der Waals surface area contributed by atoms with E-state index in [2.05, 4.69) is 27.7 Å². The number of benzene rings is 1. The standard InChI is InChI=1S/C10H8Cl2N2OS/c11-8(12)9(13-6-16)14-10(15)7-4-2-1-3-5-7/h1-5,8-9H,(H,14,15). The van der Waals surface area contributed by atoms with Gasteiger partial charge in [-0.3, -0.25) is 4.79 Å². The number of alkyl halides is 2. The lowest BCUT2D eigenvalue weighted by molar-refractivity contribution is 0.0940. The van der Waals surface area contributed by atoms with Gasteiger partial charge < -0.3 is 5.32 Å². The van der Waals surface area contributed by atoms with Gasteiger partial charge in [0.05, 0.1) is 5.16 Å². The van der Waals surface area contributed by atoms with Gasteiger partial charge in [-0.25, -0.2) is 4.99 Å². The second-order valence-corrected chi connectivity index (χ2v) is 4.19. The first-order valence-electron chi connectivity index (χ1n) is 4.36. The van der Waals surface area contributed by atoms with Gasteiger partial charge in [0.25, 0.3) is 5.91 Å². The molecule has 0 saturated carbocycles. The van der Waals surface area contributed by atoms with Gasteiger partial charge in [-0.1, -0.05) is 18.2 Å². The first-order valence-corrected chi connectivity index (χ1v) is 5.64. The minimum atomic E-state index is -0.872. The maximum atomic E-state index is 11.7. The molecule has 1 unspecified atom stereocenters. The maximum Gasteiger partial charge on any atom is 0.253 e. The van der Waals surface area contributed by atoms with Crippen LogP contribution in [0.25, 0.3) is 0 Å². The molecule has 0 heterocycles. The van der Waals surface area contributed by atoms with Gasteiger partial charge in [-0.15, -0.1) is 23.2 Å². The van der Waals surface area contributed by atoms with Crippen LogP contribution in [-0.4, -0.2) is 22.1 Å². The summed E-state index contributed by atoms with van der Waals surface area (Å²) < 4.78 is 0. The quantitative estimate of drug-likeness (QED) is 0.521. The fourth-order valence-corrected chi connectivity index (χ4v) is 1.37. The Morgan fingerprint density at radius 1 is 1.38 bits per heavy atom. The molecule has 6 heteroatoms. The number of thiocarbonyl (C=S) groups is 1. The van der Waals surface area contributed by atoms with Crippen molar-refractivity contribution in [3.8, 4) is 0 Å². The van der Waals surface area contributed by atoms with Crippen LogP contribution in [0.2, 0.25) is 0 Å². The predicted octanol–water partition coefficient (Wildman–Crippen LogP) is 2.65. The summed E-state index contributed by atoms with van der Waals surface area (Å²) >= 11 is 15.7. The fourth-order valence-electron chi connectivity index (χ4n) is 1.02. The van der Waals surface area contributed by atoms with E-state index in [9.17, 15) is 4.79 Å². The molecule has 1 amide bonds. The van der Waals surface area contributed by atoms with Crippen molar-refractivity contribution in [2.75, 3.05) is 0 Å². The van der Waals surface area contributed by atoms with Crippen molar-refractivity contribution in [1.29, 1.82) is 0 Å². The van der Waals surface area contributed by atoms with Crippen LogP contribution >= 0.6 is 35.4 Å². The van der Waals surface area contributed by atoms with Crippen LogP contribution in [0, 0.1) is 0 Å². The Balaban J connectivity index is 2.73. The summed E-state index contributed by atoms with van der Waals surface area (Å²) in [6.45, 7) is 0. The predicted molar refractivity (Wildman–Crippen MR) is 68.2 cm³/mol. The Morgan fingerprint density at radius 3 is 2.50 bits per heavy atom. The molecule has 0 saturated heterocycles. The van der Waals surface area contributed by atoms with Crippen molar-refractivity contribution in [2.24, 2.45) is 4.99 Å². The van der Waals surface area contributed by atoms with E-state index in [4.69, 9.17) is 23.2 Å². The third kappa shape index (κ3) is 3.91. The summed E-state index contributed by atoms with van der Waals surface area (Å²) in [6, 6.07) is 8.67. The lowest BCUT2D eigenvalue weighted by Crippen LogP contribution is -2.37. The summed E-state index contributed by atoms with van der Waals surface area (Å²) in [4.78, 5) is 14.5. The highest BCUT2D eigenvalue weighted by molar-refractivity contribution is 7.78. The second-order valence-electron chi connectivity index (χ2n) is 2.84. The number of amides is 1. The lowest BCUT2D eigenvalue weighted by atomic mass is 10.2. The van der Waals surface area contributed by atoms with Gasteiger partial charge in [-0.2, -0.15) is 0 Å². The van der Waals surface area contributed by atoms with Crippen LogP contribution in [0.1, 0.15) is 10.4 Å². The van der Waals surface area contributed by atoms with E-state index < -0.39 is 11.0 Å². The molecule has 1 aromatic carbocycles. The number of aliphatic imine (C=N–C) groups is 1. The van der Waals surface area contributed by atoms with Gasteiger partial charge in [0.1, 0.15) is 4.84 Å². The van der Waals surface area contributed by atoms with Crippen molar-refractivity contribution >= 4 is 46.5 Å². The minimum absolute atomic E-state index is 0.314. The summed E-state index contributed by atoms with van der Waals surface area (Å²) in [7, 11) is 0. The van der Waals surface area contributed by atoms with Gasteiger partial charge >= 0.3 is 0 Å². The zero-order valence-corrected chi connectivity index (χ0v) is 10.4. The Labute approximate surface area is 108 Å². The molecule has 0 fully saturated rings. The lowest BCUT2D eigenvalue weighted by Gasteiger charge is -2.13. The Morgan fingerprint density at radius 2 is 2.00 bits per heavy atom. The summed E-state index contributed by atoms with van der Waals surface area (Å²) in [5.74, 6) is -0.314. The van der Waals surface area contributed by atoms with Gasteiger partial charge in [0.2, 0.25) is 0 Å². The molecule has 1 N–H and O–H groups in total. The highest BCUT2D eigenvalue weighted by Gasteiger charge is 2.18. The maximum absolute atomic E-state index is 11.7. The molecule has 16 heavy (non-hydrogen) atoms. The third-order valence-electron chi connectivity index (χ3n) is 1.75. The number of halogens is 2. The van der Waals surface area contributed by atoms with Crippen LogP contribution < -0.4 is 5.32 Å². The van der Waals surface area contributed by atoms with Crippen molar-refractivity contribution in [3.63, 3.8) is 0 Å². The number of hydrogen-bond acceptors (Lipinski definition) is 3. The molecule has 0 aliphatic heterocycles. The summed E-state index contributed by atoms with van der Waals surface area (Å²) in [5, 5.41) is 4.67. The van der Waals surface area contributed by atoms with E-state index in [0.717, 1.165) is 0 Å². The Bertz CT molecular complexity index is 405. The molecule has 1 rings (SSSR count). The van der Waals surface area contributed by atoms with Crippen molar-refractivity contribution < 1.29 is 4.79 Å². The third-order valence-corrected chi connectivity index (χ3v) is 2.33. The molecule has 1 atom stereocenters. The van der Waals surface area contributed by atoms with E-state index >= 15 is 0 Å². The number of hydrogen-bond donors (Lipinski definition) is 1. The topological polar surface area (TPSA) is 41.5 Å². The zero-order chi connectivity index (χ0) is 12.0. The number of isothiocyanates is 1. The minimum Gasteiger partial charge on any atom is -0.327 e. The number of rotatable bonds is 4. The van der Waals surface area contributed by atoms with E-state index in [1.807, 2.05) is 6.07 Å². The molecule has 0 aliphatic carbocycles. The SMILES string of the molecule is O=C(NC(N=C=S)C(Cl)Cl)c1ccccc1. The summed E-state index contributed by atoms with van der Waals surface area (Å²) in [5.41, 5.74) is 0.501. The van der Waals surface area contributed by atoms with Gasteiger partial charge in [-0.05, 0) is 24.4 Å². The molecule has 3 nitrogen and oxygen atoms in total. The van der Waals surface area contributed by atoms with E-state index in [0.29, 0.717) is 5.56 Å².